The number of nitrogens with zero attached hydrogens (tertiary/aromatic N) is 1. The van der Waals surface area contributed by atoms with E-state index >= 15 is 0 Å². The van der Waals surface area contributed by atoms with Gasteiger partial charge in [-0.05, 0) is 32.4 Å². The molecule has 2 aliphatic heterocycles. The van der Waals surface area contributed by atoms with Gasteiger partial charge < -0.3 is 20.3 Å². The van der Waals surface area contributed by atoms with E-state index in [2.05, 4.69) is 17.6 Å². The third-order valence-corrected chi connectivity index (χ3v) is 3.45. The number of urea groups is 1. The summed E-state index contributed by atoms with van der Waals surface area (Å²) in [6, 6.07) is 0.313. The molecule has 0 aromatic heterocycles. The second-order valence-corrected chi connectivity index (χ2v) is 4.59. The van der Waals surface area contributed by atoms with Crippen LogP contribution in [0.5, 0.6) is 0 Å². The molecule has 0 radical (unpaired) electrons. The topological polar surface area (TPSA) is 53.6 Å². The van der Waals surface area contributed by atoms with Crippen molar-refractivity contribution in [2.45, 2.75) is 19.4 Å². The summed E-state index contributed by atoms with van der Waals surface area (Å²) in [4.78, 5) is 13.7. The van der Waals surface area contributed by atoms with Gasteiger partial charge in [0, 0.05) is 19.1 Å². The van der Waals surface area contributed by atoms with Crippen molar-refractivity contribution in [2.75, 3.05) is 39.4 Å². The molecule has 5 nitrogen and oxygen atoms in total. The highest BCUT2D eigenvalue weighted by Crippen LogP contribution is 2.12. The van der Waals surface area contributed by atoms with Crippen LogP contribution in [0.1, 0.15) is 13.3 Å². The average molecular weight is 227 g/mol. The van der Waals surface area contributed by atoms with E-state index in [9.17, 15) is 4.79 Å². The van der Waals surface area contributed by atoms with Crippen molar-refractivity contribution in [3.63, 3.8) is 0 Å². The SMILES string of the molecule is CC(NC(=O)N1CCOCC1)C1CCNC1. The Labute approximate surface area is 96.5 Å². The first-order valence-electron chi connectivity index (χ1n) is 6.11. The fraction of sp³-hybridized carbons (Fsp3) is 0.909. The lowest BCUT2D eigenvalue weighted by Gasteiger charge is -2.29. The molecule has 0 bridgehead atoms. The molecule has 2 fully saturated rings. The second-order valence-electron chi connectivity index (χ2n) is 4.59. The van der Waals surface area contributed by atoms with E-state index in [1.54, 1.807) is 0 Å². The van der Waals surface area contributed by atoms with Crippen molar-refractivity contribution < 1.29 is 9.53 Å². The predicted molar refractivity (Wildman–Crippen MR) is 61.4 cm³/mol. The predicted octanol–water partition coefficient (Wildman–Crippen LogP) is 0.0262. The molecule has 2 N–H and O–H groups in total. The van der Waals surface area contributed by atoms with Crippen LogP contribution in [0.25, 0.3) is 0 Å². The summed E-state index contributed by atoms with van der Waals surface area (Å²) in [5, 5.41) is 6.40. The van der Waals surface area contributed by atoms with Crippen LogP contribution in [0.4, 0.5) is 4.79 Å². The van der Waals surface area contributed by atoms with Crippen molar-refractivity contribution >= 4 is 6.03 Å². The van der Waals surface area contributed by atoms with Crippen molar-refractivity contribution in [1.82, 2.24) is 15.5 Å². The molecule has 2 amide bonds. The lowest BCUT2D eigenvalue weighted by Crippen LogP contribution is -2.50. The van der Waals surface area contributed by atoms with Crippen LogP contribution in [-0.4, -0.2) is 56.4 Å². The van der Waals surface area contributed by atoms with E-state index in [0.29, 0.717) is 32.2 Å². The molecule has 2 rings (SSSR count). The highest BCUT2D eigenvalue weighted by molar-refractivity contribution is 5.74. The van der Waals surface area contributed by atoms with E-state index in [4.69, 9.17) is 4.74 Å². The fourth-order valence-corrected chi connectivity index (χ4v) is 2.27. The summed E-state index contributed by atoms with van der Waals surface area (Å²) in [5.74, 6) is 0.574. The van der Waals surface area contributed by atoms with Gasteiger partial charge in [0.1, 0.15) is 0 Å². The Bertz CT molecular complexity index is 235. The highest BCUT2D eigenvalue weighted by Gasteiger charge is 2.24. The van der Waals surface area contributed by atoms with E-state index in [1.165, 1.54) is 0 Å². The van der Waals surface area contributed by atoms with Gasteiger partial charge in [-0.15, -0.1) is 0 Å². The molecule has 16 heavy (non-hydrogen) atoms. The quantitative estimate of drug-likeness (QED) is 0.699. The molecule has 0 spiro atoms. The molecule has 0 saturated carbocycles. The molecule has 5 heteroatoms. The third-order valence-electron chi connectivity index (χ3n) is 3.45. The maximum atomic E-state index is 11.9. The third kappa shape index (κ3) is 2.86. The number of carbonyl (C=O) groups is 1. The molecular formula is C11H21N3O2. The molecule has 2 heterocycles. The Morgan fingerprint density at radius 3 is 2.88 bits per heavy atom. The standard InChI is InChI=1S/C11H21N3O2/c1-9(10-2-3-12-8-10)13-11(15)14-4-6-16-7-5-14/h9-10,12H,2-8H2,1H3,(H,13,15). The Kier molecular flexibility index (Phi) is 4.01. The first-order chi connectivity index (χ1) is 7.77. The van der Waals surface area contributed by atoms with Gasteiger partial charge >= 0.3 is 6.03 Å². The minimum Gasteiger partial charge on any atom is -0.378 e. The number of nitrogens with one attached hydrogen (secondary N) is 2. The summed E-state index contributed by atoms with van der Waals surface area (Å²) in [5.41, 5.74) is 0. The van der Waals surface area contributed by atoms with Crippen molar-refractivity contribution in [3.8, 4) is 0 Å². The Hall–Kier alpha value is -0.810. The molecule has 0 aromatic carbocycles. The normalized spacial score (nSPS) is 27.8. The van der Waals surface area contributed by atoms with Crippen molar-refractivity contribution in [3.05, 3.63) is 0 Å². The van der Waals surface area contributed by atoms with E-state index in [1.807, 2.05) is 4.90 Å². The van der Waals surface area contributed by atoms with Crippen LogP contribution in [-0.2, 0) is 4.74 Å². The minimum atomic E-state index is 0.0581. The number of hydrogen-bond donors (Lipinski definition) is 2. The zero-order chi connectivity index (χ0) is 11.4. The van der Waals surface area contributed by atoms with E-state index < -0.39 is 0 Å². The van der Waals surface area contributed by atoms with E-state index in [-0.39, 0.29) is 12.1 Å². The number of hydrogen-bond acceptors (Lipinski definition) is 3. The van der Waals surface area contributed by atoms with Crippen LogP contribution in [0.2, 0.25) is 0 Å². The number of rotatable bonds is 2. The van der Waals surface area contributed by atoms with Crippen LogP contribution >= 0.6 is 0 Å². The van der Waals surface area contributed by atoms with Crippen LogP contribution < -0.4 is 10.6 Å². The van der Waals surface area contributed by atoms with Crippen LogP contribution in [0, 0.1) is 5.92 Å². The van der Waals surface area contributed by atoms with Crippen molar-refractivity contribution in [2.24, 2.45) is 5.92 Å². The number of amides is 2. The summed E-state index contributed by atoms with van der Waals surface area (Å²) < 4.78 is 5.22. The van der Waals surface area contributed by atoms with Gasteiger partial charge in [-0.25, -0.2) is 4.79 Å². The van der Waals surface area contributed by atoms with E-state index in [0.717, 1.165) is 19.5 Å². The summed E-state index contributed by atoms with van der Waals surface area (Å²) in [6.07, 6.45) is 1.16. The van der Waals surface area contributed by atoms with Crippen LogP contribution in [0.3, 0.4) is 0 Å². The van der Waals surface area contributed by atoms with Crippen LogP contribution in [0.15, 0.2) is 0 Å². The largest absolute Gasteiger partial charge is 0.378 e. The molecule has 2 aliphatic rings. The number of morpholine rings is 1. The van der Waals surface area contributed by atoms with Gasteiger partial charge in [-0.3, -0.25) is 0 Å². The van der Waals surface area contributed by atoms with Crippen molar-refractivity contribution in [1.29, 1.82) is 0 Å². The average Bonchev–Trinajstić information content (AvgIpc) is 2.83. The first kappa shape index (κ1) is 11.7. The molecule has 92 valence electrons. The van der Waals surface area contributed by atoms with Gasteiger partial charge in [-0.1, -0.05) is 0 Å². The highest BCUT2D eigenvalue weighted by atomic mass is 16.5. The molecule has 0 aromatic rings. The van der Waals surface area contributed by atoms with Gasteiger partial charge in [-0.2, -0.15) is 0 Å². The molecule has 2 atom stereocenters. The maximum Gasteiger partial charge on any atom is 0.317 e. The minimum absolute atomic E-state index is 0.0581. The summed E-state index contributed by atoms with van der Waals surface area (Å²) in [6.45, 7) is 6.92. The molecule has 2 saturated heterocycles. The van der Waals surface area contributed by atoms with Gasteiger partial charge in [0.05, 0.1) is 13.2 Å². The zero-order valence-electron chi connectivity index (χ0n) is 9.87. The second kappa shape index (κ2) is 5.50. The number of carbonyl (C=O) groups excluding carboxylic acids is 1. The molecule has 2 unspecified atom stereocenters. The summed E-state index contributed by atoms with van der Waals surface area (Å²) >= 11 is 0. The Balaban J connectivity index is 1.76. The maximum absolute atomic E-state index is 11.9. The smallest absolute Gasteiger partial charge is 0.317 e. The van der Waals surface area contributed by atoms with Gasteiger partial charge in [0.25, 0.3) is 0 Å². The summed E-state index contributed by atoms with van der Waals surface area (Å²) in [7, 11) is 0. The Morgan fingerprint density at radius 2 is 2.25 bits per heavy atom. The molecular weight excluding hydrogens is 206 g/mol. The number of ether oxygens (including phenoxy) is 1. The first-order valence-corrected chi connectivity index (χ1v) is 6.11. The molecule has 0 aliphatic carbocycles. The fourth-order valence-electron chi connectivity index (χ4n) is 2.27. The zero-order valence-corrected chi connectivity index (χ0v) is 9.87. The monoisotopic (exact) mass is 227 g/mol. The lowest BCUT2D eigenvalue weighted by molar-refractivity contribution is 0.0522. The lowest BCUT2D eigenvalue weighted by atomic mass is 10.0. The Morgan fingerprint density at radius 1 is 1.50 bits per heavy atom. The van der Waals surface area contributed by atoms with Gasteiger partial charge in [0.15, 0.2) is 0 Å². The van der Waals surface area contributed by atoms with Gasteiger partial charge in [0.2, 0.25) is 0 Å².